The summed E-state index contributed by atoms with van der Waals surface area (Å²) < 4.78 is 5.14. The first kappa shape index (κ1) is 13.8. The zero-order valence-electron chi connectivity index (χ0n) is 12.9. The SMILES string of the molecule is CCOC(=O)c1cccc2c3c(ccc12)C(C)(C)C(C)=N3. The number of ether oxygens (including phenoxy) is 1. The summed E-state index contributed by atoms with van der Waals surface area (Å²) in [5.74, 6) is -0.277. The maximum atomic E-state index is 12.1. The smallest absolute Gasteiger partial charge is 0.338 e. The zero-order chi connectivity index (χ0) is 15.2. The van der Waals surface area contributed by atoms with Crippen LogP contribution in [0.1, 0.15) is 43.6 Å². The van der Waals surface area contributed by atoms with Gasteiger partial charge in [0.05, 0.1) is 17.9 Å². The lowest BCUT2D eigenvalue weighted by Crippen LogP contribution is -2.22. The minimum atomic E-state index is -0.277. The highest BCUT2D eigenvalue weighted by molar-refractivity contribution is 6.12. The van der Waals surface area contributed by atoms with Crippen molar-refractivity contribution in [3.63, 3.8) is 0 Å². The van der Waals surface area contributed by atoms with Gasteiger partial charge < -0.3 is 4.74 Å². The van der Waals surface area contributed by atoms with E-state index in [2.05, 4.69) is 26.8 Å². The number of benzene rings is 2. The van der Waals surface area contributed by atoms with Gasteiger partial charge in [0.1, 0.15) is 0 Å². The van der Waals surface area contributed by atoms with Crippen LogP contribution < -0.4 is 0 Å². The number of esters is 1. The van der Waals surface area contributed by atoms with Crippen LogP contribution in [0, 0.1) is 0 Å². The van der Waals surface area contributed by atoms with E-state index in [9.17, 15) is 4.79 Å². The summed E-state index contributed by atoms with van der Waals surface area (Å²) in [4.78, 5) is 16.8. The molecule has 0 N–H and O–H groups in total. The molecule has 0 saturated carbocycles. The molecule has 1 aliphatic rings. The summed E-state index contributed by atoms with van der Waals surface area (Å²) in [6.07, 6.45) is 0. The fraction of sp³-hybridized carbons (Fsp3) is 0.333. The molecule has 3 heteroatoms. The minimum Gasteiger partial charge on any atom is -0.462 e. The molecule has 0 saturated heterocycles. The molecule has 0 aliphatic carbocycles. The molecule has 21 heavy (non-hydrogen) atoms. The third-order valence-electron chi connectivity index (χ3n) is 4.39. The number of hydrogen-bond acceptors (Lipinski definition) is 3. The van der Waals surface area contributed by atoms with Gasteiger partial charge in [0.25, 0.3) is 0 Å². The molecule has 0 spiro atoms. The molecule has 1 aliphatic heterocycles. The second-order valence-corrected chi connectivity index (χ2v) is 5.91. The number of nitrogens with zero attached hydrogens (tertiary/aromatic N) is 1. The third-order valence-corrected chi connectivity index (χ3v) is 4.39. The van der Waals surface area contributed by atoms with E-state index in [1.165, 1.54) is 5.56 Å². The molecule has 3 nitrogen and oxygen atoms in total. The van der Waals surface area contributed by atoms with Gasteiger partial charge in [0.2, 0.25) is 0 Å². The molecule has 0 atom stereocenters. The van der Waals surface area contributed by atoms with Gasteiger partial charge in [0.15, 0.2) is 0 Å². The molecule has 2 aromatic rings. The van der Waals surface area contributed by atoms with E-state index in [1.54, 1.807) is 0 Å². The quantitative estimate of drug-likeness (QED) is 0.765. The van der Waals surface area contributed by atoms with Crippen molar-refractivity contribution in [3.8, 4) is 0 Å². The first-order valence-electron chi connectivity index (χ1n) is 7.26. The molecule has 0 bridgehead atoms. The van der Waals surface area contributed by atoms with Crippen LogP contribution in [0.3, 0.4) is 0 Å². The zero-order valence-corrected chi connectivity index (χ0v) is 12.9. The average molecular weight is 281 g/mol. The maximum absolute atomic E-state index is 12.1. The van der Waals surface area contributed by atoms with Crippen molar-refractivity contribution in [1.29, 1.82) is 0 Å². The van der Waals surface area contributed by atoms with Crippen LogP contribution >= 0.6 is 0 Å². The topological polar surface area (TPSA) is 38.7 Å². The second-order valence-electron chi connectivity index (χ2n) is 5.91. The molecule has 0 amide bonds. The van der Waals surface area contributed by atoms with Crippen molar-refractivity contribution in [1.82, 2.24) is 0 Å². The van der Waals surface area contributed by atoms with E-state index in [0.29, 0.717) is 12.2 Å². The summed E-state index contributed by atoms with van der Waals surface area (Å²) in [5, 5.41) is 1.92. The Morgan fingerprint density at radius 1 is 1.19 bits per heavy atom. The fourth-order valence-electron chi connectivity index (χ4n) is 2.86. The van der Waals surface area contributed by atoms with Gasteiger partial charge in [0, 0.05) is 16.5 Å². The first-order chi connectivity index (χ1) is 9.96. The Labute approximate surface area is 124 Å². The van der Waals surface area contributed by atoms with E-state index in [1.807, 2.05) is 31.2 Å². The normalized spacial score (nSPS) is 15.7. The minimum absolute atomic E-state index is 0.0521. The van der Waals surface area contributed by atoms with E-state index in [4.69, 9.17) is 9.73 Å². The predicted octanol–water partition coefficient (Wildman–Crippen LogP) is 4.40. The van der Waals surface area contributed by atoms with Crippen molar-refractivity contribution in [2.24, 2.45) is 4.99 Å². The molecule has 0 radical (unpaired) electrons. The van der Waals surface area contributed by atoms with Gasteiger partial charge in [-0.15, -0.1) is 0 Å². The van der Waals surface area contributed by atoms with E-state index < -0.39 is 0 Å². The Morgan fingerprint density at radius 2 is 1.95 bits per heavy atom. The van der Waals surface area contributed by atoms with Gasteiger partial charge in [-0.1, -0.05) is 38.1 Å². The van der Waals surface area contributed by atoms with E-state index >= 15 is 0 Å². The molecule has 3 rings (SSSR count). The van der Waals surface area contributed by atoms with Crippen LogP contribution in [0.4, 0.5) is 5.69 Å². The average Bonchev–Trinajstić information content (AvgIpc) is 2.69. The monoisotopic (exact) mass is 281 g/mol. The molecular weight excluding hydrogens is 262 g/mol. The van der Waals surface area contributed by atoms with Crippen LogP contribution in [0.25, 0.3) is 10.8 Å². The summed E-state index contributed by atoms with van der Waals surface area (Å²) in [6, 6.07) is 9.82. The summed E-state index contributed by atoms with van der Waals surface area (Å²) in [7, 11) is 0. The summed E-state index contributed by atoms with van der Waals surface area (Å²) in [6.45, 7) is 8.61. The van der Waals surface area contributed by atoms with Crippen molar-refractivity contribution in [2.75, 3.05) is 6.61 Å². The summed E-state index contributed by atoms with van der Waals surface area (Å²) >= 11 is 0. The number of fused-ring (bicyclic) bond motifs is 3. The standard InChI is InChI=1S/C18H19NO2/c1-5-21-17(20)14-8-6-7-13-12(14)9-10-15-16(13)19-11(2)18(15,3)4/h6-10H,5H2,1-4H3. The van der Waals surface area contributed by atoms with Crippen molar-refractivity contribution >= 4 is 28.1 Å². The molecular formula is C18H19NO2. The predicted molar refractivity (Wildman–Crippen MR) is 85.7 cm³/mol. The Balaban J connectivity index is 2.27. The van der Waals surface area contributed by atoms with Gasteiger partial charge in [-0.25, -0.2) is 4.79 Å². The van der Waals surface area contributed by atoms with Gasteiger partial charge in [-0.05, 0) is 30.9 Å². The molecule has 0 aromatic heterocycles. The highest BCUT2D eigenvalue weighted by Gasteiger charge is 2.33. The lowest BCUT2D eigenvalue weighted by Gasteiger charge is -2.20. The van der Waals surface area contributed by atoms with Crippen LogP contribution in [-0.2, 0) is 10.2 Å². The van der Waals surface area contributed by atoms with E-state index in [-0.39, 0.29) is 11.4 Å². The van der Waals surface area contributed by atoms with Crippen LogP contribution in [0.5, 0.6) is 0 Å². The number of aliphatic imine (C=N–C) groups is 1. The summed E-state index contributed by atoms with van der Waals surface area (Å²) in [5.41, 5.74) is 3.86. The molecule has 0 unspecified atom stereocenters. The van der Waals surface area contributed by atoms with Gasteiger partial charge in [-0.3, -0.25) is 4.99 Å². The molecule has 0 fully saturated rings. The van der Waals surface area contributed by atoms with Crippen molar-refractivity contribution in [3.05, 3.63) is 41.5 Å². The van der Waals surface area contributed by atoms with Crippen molar-refractivity contribution in [2.45, 2.75) is 33.1 Å². The van der Waals surface area contributed by atoms with E-state index in [0.717, 1.165) is 22.2 Å². The number of hydrogen-bond donors (Lipinski definition) is 0. The Morgan fingerprint density at radius 3 is 2.67 bits per heavy atom. The number of carbonyl (C=O) groups excluding carboxylic acids is 1. The first-order valence-corrected chi connectivity index (χ1v) is 7.26. The fourth-order valence-corrected chi connectivity index (χ4v) is 2.86. The molecule has 2 aromatic carbocycles. The number of rotatable bonds is 2. The van der Waals surface area contributed by atoms with Crippen molar-refractivity contribution < 1.29 is 9.53 Å². The Hall–Kier alpha value is -2.16. The highest BCUT2D eigenvalue weighted by Crippen LogP contribution is 2.44. The molecule has 1 heterocycles. The Bertz CT molecular complexity index is 772. The lowest BCUT2D eigenvalue weighted by molar-refractivity contribution is 0.0528. The van der Waals surface area contributed by atoms with Gasteiger partial charge in [-0.2, -0.15) is 0 Å². The van der Waals surface area contributed by atoms with Crippen LogP contribution in [-0.4, -0.2) is 18.3 Å². The highest BCUT2D eigenvalue weighted by atomic mass is 16.5. The number of carbonyl (C=O) groups is 1. The lowest BCUT2D eigenvalue weighted by atomic mass is 9.81. The van der Waals surface area contributed by atoms with Gasteiger partial charge >= 0.3 is 5.97 Å². The molecule has 108 valence electrons. The maximum Gasteiger partial charge on any atom is 0.338 e. The second kappa shape index (κ2) is 4.69. The Kier molecular flexibility index (Phi) is 3.08. The largest absolute Gasteiger partial charge is 0.462 e. The van der Waals surface area contributed by atoms with Crippen LogP contribution in [0.15, 0.2) is 35.3 Å². The third kappa shape index (κ3) is 1.96. The van der Waals surface area contributed by atoms with Crippen LogP contribution in [0.2, 0.25) is 0 Å².